The van der Waals surface area contributed by atoms with Gasteiger partial charge in [0.05, 0.1) is 6.61 Å². The first-order valence-electron chi connectivity index (χ1n) is 1.88. The summed E-state index contributed by atoms with van der Waals surface area (Å²) in [5.41, 5.74) is 2.35. The Morgan fingerprint density at radius 2 is 2.83 bits per heavy atom. The Kier molecular flexibility index (Phi) is 1.06. The van der Waals surface area contributed by atoms with Crippen LogP contribution in [0, 0.1) is 0 Å². The van der Waals surface area contributed by atoms with Crippen molar-refractivity contribution in [1.29, 1.82) is 0 Å². The van der Waals surface area contributed by atoms with Crippen molar-refractivity contribution in [3.8, 4) is 0 Å². The molecule has 0 bridgehead atoms. The summed E-state index contributed by atoms with van der Waals surface area (Å²) in [6.07, 6.45) is 2.70. The first-order valence-corrected chi connectivity index (χ1v) is 1.88. The van der Waals surface area contributed by atoms with Crippen molar-refractivity contribution < 1.29 is 4.84 Å². The summed E-state index contributed by atoms with van der Waals surface area (Å²) in [6.45, 7) is 0.740. The maximum atomic E-state index is 4.62. The lowest BCUT2D eigenvalue weighted by Crippen LogP contribution is -2.13. The molecule has 1 N–H and O–H groups in total. The zero-order valence-electron chi connectivity index (χ0n) is 3.35. The molecule has 0 aromatic heterocycles. The van der Waals surface area contributed by atoms with E-state index in [4.69, 9.17) is 0 Å². The Morgan fingerprint density at radius 3 is 3.00 bits per heavy atom. The third-order valence-electron chi connectivity index (χ3n) is 0.558. The monoisotopic (exact) mass is 86.0 g/mol. The van der Waals surface area contributed by atoms with E-state index in [0.29, 0.717) is 0 Å². The molecule has 3 nitrogen and oxygen atoms in total. The van der Waals surface area contributed by atoms with Gasteiger partial charge in [-0.05, 0) is 0 Å². The van der Waals surface area contributed by atoms with E-state index in [9.17, 15) is 0 Å². The lowest BCUT2D eigenvalue weighted by Gasteiger charge is -2.02. The van der Waals surface area contributed by atoms with Crippen molar-refractivity contribution in [2.24, 2.45) is 5.10 Å². The van der Waals surface area contributed by atoms with Gasteiger partial charge in [-0.3, -0.25) is 4.84 Å². The van der Waals surface area contributed by atoms with Crippen LogP contribution in [0.15, 0.2) is 5.10 Å². The summed E-state index contributed by atoms with van der Waals surface area (Å²) >= 11 is 0. The number of nitrogens with one attached hydrogen (secondary N) is 1. The fraction of sp³-hybridized carbons (Fsp3) is 0.667. The minimum atomic E-state index is 0.740. The van der Waals surface area contributed by atoms with Crippen LogP contribution in [0.1, 0.15) is 6.42 Å². The van der Waals surface area contributed by atoms with Crippen LogP contribution in [0.4, 0.5) is 0 Å². The molecule has 0 atom stereocenters. The summed E-state index contributed by atoms with van der Waals surface area (Å²) < 4.78 is 0. The van der Waals surface area contributed by atoms with Crippen LogP contribution >= 0.6 is 0 Å². The number of nitrogens with zero attached hydrogens (tertiary/aromatic N) is 1. The molecular weight excluding hydrogens is 80.0 g/mol. The second kappa shape index (κ2) is 1.77. The number of hydrogen-bond acceptors (Lipinski definition) is 3. The molecule has 34 valence electrons. The molecule has 0 saturated carbocycles. The normalized spacial score (nSPS) is 20.0. The van der Waals surface area contributed by atoms with Gasteiger partial charge in [-0.15, -0.1) is 0 Å². The van der Waals surface area contributed by atoms with Gasteiger partial charge < -0.3 is 0 Å². The first-order chi connectivity index (χ1) is 3.00. The summed E-state index contributed by atoms with van der Waals surface area (Å²) in [5.74, 6) is 0. The lowest BCUT2D eigenvalue weighted by atomic mass is 10.5. The molecule has 0 aromatic rings. The quantitative estimate of drug-likeness (QED) is 0.446. The van der Waals surface area contributed by atoms with Gasteiger partial charge in [-0.1, -0.05) is 0 Å². The van der Waals surface area contributed by atoms with Crippen molar-refractivity contribution in [3.05, 3.63) is 0 Å². The maximum Gasteiger partial charge on any atom is 0.0814 e. The number of hydrazone groups is 1. The third-order valence-corrected chi connectivity index (χ3v) is 0.558. The molecule has 0 radical (unpaired) electrons. The van der Waals surface area contributed by atoms with Crippen molar-refractivity contribution in [3.63, 3.8) is 0 Å². The Bertz CT molecular complexity index is 53.8. The van der Waals surface area contributed by atoms with Gasteiger partial charge in [0.15, 0.2) is 0 Å². The highest BCUT2D eigenvalue weighted by molar-refractivity contribution is 5.56. The standard InChI is InChI=1S/C3H6N2O/c1-2-4-5-6-3-1/h2,5H,1,3H2. The largest absolute Gasteiger partial charge is 0.259 e. The highest BCUT2D eigenvalue weighted by Gasteiger charge is 1.85. The van der Waals surface area contributed by atoms with Gasteiger partial charge in [-0.25, -0.2) is 0 Å². The summed E-state index contributed by atoms with van der Waals surface area (Å²) in [6, 6.07) is 0. The van der Waals surface area contributed by atoms with Gasteiger partial charge in [-0.2, -0.15) is 10.7 Å². The number of hydrogen-bond donors (Lipinski definition) is 1. The smallest absolute Gasteiger partial charge is 0.0814 e. The zero-order valence-corrected chi connectivity index (χ0v) is 3.35. The Hall–Kier alpha value is -0.570. The molecule has 1 aliphatic heterocycles. The average Bonchev–Trinajstić information content (AvgIpc) is 1.72. The minimum Gasteiger partial charge on any atom is -0.259 e. The highest BCUT2D eigenvalue weighted by atomic mass is 16.7. The van der Waals surface area contributed by atoms with Crippen LogP contribution in [-0.4, -0.2) is 12.8 Å². The molecule has 0 aromatic carbocycles. The van der Waals surface area contributed by atoms with Gasteiger partial charge in [0.2, 0.25) is 0 Å². The lowest BCUT2D eigenvalue weighted by molar-refractivity contribution is 0.0403. The van der Waals surface area contributed by atoms with Crippen molar-refractivity contribution in [2.45, 2.75) is 6.42 Å². The van der Waals surface area contributed by atoms with Gasteiger partial charge in [0.25, 0.3) is 0 Å². The van der Waals surface area contributed by atoms with Crippen LogP contribution in [0.25, 0.3) is 0 Å². The second-order valence-corrected chi connectivity index (χ2v) is 1.04. The van der Waals surface area contributed by atoms with Crippen molar-refractivity contribution in [2.75, 3.05) is 6.61 Å². The van der Waals surface area contributed by atoms with E-state index in [2.05, 4.69) is 15.5 Å². The molecule has 1 heterocycles. The molecule has 6 heavy (non-hydrogen) atoms. The van der Waals surface area contributed by atoms with Crippen LogP contribution in [0.5, 0.6) is 0 Å². The van der Waals surface area contributed by atoms with E-state index < -0.39 is 0 Å². The molecule has 1 rings (SSSR count). The summed E-state index contributed by atoms with van der Waals surface area (Å²) in [5, 5.41) is 3.58. The summed E-state index contributed by atoms with van der Waals surface area (Å²) in [4.78, 5) is 4.62. The topological polar surface area (TPSA) is 33.6 Å². The van der Waals surface area contributed by atoms with Gasteiger partial charge in [0, 0.05) is 12.6 Å². The molecule has 0 spiro atoms. The molecule has 0 fully saturated rings. The van der Waals surface area contributed by atoms with E-state index in [1.54, 1.807) is 6.21 Å². The van der Waals surface area contributed by atoms with E-state index in [0.717, 1.165) is 13.0 Å². The molecule has 3 heteroatoms. The Balaban J connectivity index is 2.26. The SMILES string of the molecule is C1=NNOCC1. The molecule has 0 saturated heterocycles. The number of rotatable bonds is 0. The predicted octanol–water partition coefficient (Wildman–Crippen LogP) is -0.103. The molecule has 0 unspecified atom stereocenters. The van der Waals surface area contributed by atoms with E-state index in [1.165, 1.54) is 0 Å². The highest BCUT2D eigenvalue weighted by Crippen LogP contribution is 1.79. The van der Waals surface area contributed by atoms with Gasteiger partial charge >= 0.3 is 0 Å². The van der Waals surface area contributed by atoms with Crippen molar-refractivity contribution in [1.82, 2.24) is 5.59 Å². The maximum absolute atomic E-state index is 4.62. The average molecular weight is 86.1 g/mol. The molecular formula is C3H6N2O. The van der Waals surface area contributed by atoms with Gasteiger partial charge in [0.1, 0.15) is 0 Å². The summed E-state index contributed by atoms with van der Waals surface area (Å²) in [7, 11) is 0. The van der Waals surface area contributed by atoms with E-state index in [-0.39, 0.29) is 0 Å². The third kappa shape index (κ3) is 0.687. The minimum absolute atomic E-state index is 0.740. The van der Waals surface area contributed by atoms with Crippen LogP contribution in [0.3, 0.4) is 0 Å². The van der Waals surface area contributed by atoms with Crippen LogP contribution in [0.2, 0.25) is 0 Å². The molecule has 0 aliphatic carbocycles. The fourth-order valence-corrected chi connectivity index (χ4v) is 0.296. The Labute approximate surface area is 35.9 Å². The fourth-order valence-electron chi connectivity index (χ4n) is 0.296. The van der Waals surface area contributed by atoms with E-state index >= 15 is 0 Å². The van der Waals surface area contributed by atoms with Crippen molar-refractivity contribution >= 4 is 6.21 Å². The second-order valence-electron chi connectivity index (χ2n) is 1.04. The zero-order chi connectivity index (χ0) is 4.24. The van der Waals surface area contributed by atoms with Crippen LogP contribution in [-0.2, 0) is 4.84 Å². The van der Waals surface area contributed by atoms with E-state index in [1.807, 2.05) is 0 Å². The predicted molar refractivity (Wildman–Crippen MR) is 22.2 cm³/mol. The van der Waals surface area contributed by atoms with Crippen LogP contribution < -0.4 is 5.59 Å². The first kappa shape index (κ1) is 3.61. The Morgan fingerprint density at radius 1 is 1.83 bits per heavy atom. The molecule has 1 aliphatic rings. The molecule has 0 amide bonds.